The van der Waals surface area contributed by atoms with Crippen molar-refractivity contribution in [2.24, 2.45) is 5.10 Å². The predicted octanol–water partition coefficient (Wildman–Crippen LogP) is 5.14. The molecule has 0 unspecified atom stereocenters. The maximum Gasteiger partial charge on any atom is 0.182 e. The minimum atomic E-state index is 0.747. The van der Waals surface area contributed by atoms with Crippen LogP contribution in [0.4, 0.5) is 0 Å². The molecule has 2 aromatic carbocycles. The Morgan fingerprint density at radius 3 is 2.48 bits per heavy atom. The van der Waals surface area contributed by atoms with Gasteiger partial charge in [-0.3, -0.25) is 0 Å². The van der Waals surface area contributed by atoms with Crippen LogP contribution in [-0.2, 0) is 0 Å². The summed E-state index contributed by atoms with van der Waals surface area (Å²) in [5.74, 6) is 0. The number of aromatic nitrogens is 1. The Balaban J connectivity index is 1.98. The molecule has 21 heavy (non-hydrogen) atoms. The average molecular weight is 310 g/mol. The minimum absolute atomic E-state index is 0.747. The highest BCUT2D eigenvalue weighted by Crippen LogP contribution is 2.23. The summed E-state index contributed by atoms with van der Waals surface area (Å²) in [4.78, 5) is 0. The van der Waals surface area contributed by atoms with Gasteiger partial charge in [-0.05, 0) is 24.7 Å². The summed E-state index contributed by atoms with van der Waals surface area (Å²) in [5.41, 5.74) is 4.44. The fourth-order valence-electron chi connectivity index (χ4n) is 1.99. The van der Waals surface area contributed by atoms with Crippen molar-refractivity contribution in [3.05, 3.63) is 75.1 Å². The molecule has 0 aliphatic carbocycles. The fraction of sp³-hybridized carbons (Fsp3) is 0.0588. The Morgan fingerprint density at radius 2 is 1.76 bits per heavy atom. The molecule has 3 aromatic rings. The van der Waals surface area contributed by atoms with E-state index in [0.717, 1.165) is 20.8 Å². The molecule has 104 valence electrons. The summed E-state index contributed by atoms with van der Waals surface area (Å²) >= 11 is 6.90. The van der Waals surface area contributed by atoms with E-state index in [9.17, 15) is 0 Å². The molecule has 0 N–H and O–H groups in total. The van der Waals surface area contributed by atoms with Crippen molar-refractivity contribution in [2.45, 2.75) is 6.92 Å². The van der Waals surface area contributed by atoms with Gasteiger partial charge in [0.15, 0.2) is 3.95 Å². The van der Waals surface area contributed by atoms with E-state index in [1.54, 1.807) is 0 Å². The number of thiazole rings is 1. The van der Waals surface area contributed by atoms with Gasteiger partial charge in [0, 0.05) is 10.9 Å². The van der Waals surface area contributed by atoms with Crippen LogP contribution in [0.1, 0.15) is 11.1 Å². The molecule has 0 atom stereocenters. The lowest BCUT2D eigenvalue weighted by atomic mass is 10.2. The third-order valence-corrected chi connectivity index (χ3v) is 4.32. The number of nitrogens with zero attached hydrogens (tertiary/aromatic N) is 2. The molecule has 0 amide bonds. The van der Waals surface area contributed by atoms with Gasteiger partial charge < -0.3 is 0 Å². The van der Waals surface area contributed by atoms with Crippen LogP contribution in [0.2, 0.25) is 0 Å². The summed E-state index contributed by atoms with van der Waals surface area (Å²) in [7, 11) is 0. The first-order valence-electron chi connectivity index (χ1n) is 6.61. The van der Waals surface area contributed by atoms with Gasteiger partial charge in [0.25, 0.3) is 0 Å². The normalized spacial score (nSPS) is 11.1. The second kappa shape index (κ2) is 6.16. The summed E-state index contributed by atoms with van der Waals surface area (Å²) in [5, 5.41) is 6.59. The Morgan fingerprint density at radius 1 is 1.05 bits per heavy atom. The first-order chi connectivity index (χ1) is 10.2. The van der Waals surface area contributed by atoms with Gasteiger partial charge in [0.05, 0.1) is 11.9 Å². The molecule has 0 fully saturated rings. The van der Waals surface area contributed by atoms with Crippen LogP contribution in [0, 0.1) is 10.9 Å². The lowest BCUT2D eigenvalue weighted by molar-refractivity contribution is 0.897. The zero-order valence-electron chi connectivity index (χ0n) is 11.6. The van der Waals surface area contributed by atoms with Gasteiger partial charge in [-0.2, -0.15) is 5.10 Å². The molecule has 0 bridgehead atoms. The van der Waals surface area contributed by atoms with Crippen molar-refractivity contribution in [3.63, 3.8) is 0 Å². The van der Waals surface area contributed by atoms with E-state index in [4.69, 9.17) is 12.2 Å². The average Bonchev–Trinajstić information content (AvgIpc) is 2.89. The smallest absolute Gasteiger partial charge is 0.182 e. The van der Waals surface area contributed by atoms with Crippen LogP contribution in [0.25, 0.3) is 11.3 Å². The molecule has 2 nitrogen and oxygen atoms in total. The highest BCUT2D eigenvalue weighted by Gasteiger charge is 2.05. The van der Waals surface area contributed by atoms with Crippen molar-refractivity contribution in [1.82, 2.24) is 4.68 Å². The zero-order chi connectivity index (χ0) is 14.7. The molecule has 0 aliphatic rings. The van der Waals surface area contributed by atoms with Gasteiger partial charge in [-0.15, -0.1) is 11.3 Å². The SMILES string of the molecule is Cc1ccc(/C=N/n2c(-c3ccccc3)csc2=S)cc1. The molecule has 0 saturated heterocycles. The van der Waals surface area contributed by atoms with E-state index in [2.05, 4.69) is 48.4 Å². The third kappa shape index (κ3) is 3.17. The standard InChI is InChI=1S/C17H14N2S2/c1-13-7-9-14(10-8-13)11-18-19-16(12-21-17(19)20)15-5-3-2-4-6-15/h2-12H,1H3/b18-11+. The second-order valence-electron chi connectivity index (χ2n) is 4.72. The Hall–Kier alpha value is -2.04. The molecule has 4 heteroatoms. The molecule has 0 spiro atoms. The van der Waals surface area contributed by atoms with Gasteiger partial charge in [-0.25, -0.2) is 4.68 Å². The number of aryl methyl sites for hydroxylation is 1. The largest absolute Gasteiger partial charge is 0.211 e. The number of hydrogen-bond acceptors (Lipinski definition) is 3. The van der Waals surface area contributed by atoms with Crippen molar-refractivity contribution < 1.29 is 0 Å². The molecule has 0 saturated carbocycles. The minimum Gasteiger partial charge on any atom is -0.211 e. The van der Waals surface area contributed by atoms with E-state index < -0.39 is 0 Å². The molecular formula is C17H14N2S2. The van der Waals surface area contributed by atoms with Crippen molar-refractivity contribution >= 4 is 29.8 Å². The molecule has 1 heterocycles. The van der Waals surface area contributed by atoms with Crippen LogP contribution in [0.5, 0.6) is 0 Å². The van der Waals surface area contributed by atoms with E-state index >= 15 is 0 Å². The van der Waals surface area contributed by atoms with Crippen LogP contribution >= 0.6 is 23.6 Å². The first-order valence-corrected chi connectivity index (χ1v) is 7.90. The van der Waals surface area contributed by atoms with Crippen molar-refractivity contribution in [2.75, 3.05) is 0 Å². The van der Waals surface area contributed by atoms with Crippen molar-refractivity contribution in [3.8, 4) is 11.3 Å². The summed E-state index contributed by atoms with van der Waals surface area (Å²) in [6, 6.07) is 18.4. The van der Waals surface area contributed by atoms with E-state index in [-0.39, 0.29) is 0 Å². The van der Waals surface area contributed by atoms with Crippen molar-refractivity contribution in [1.29, 1.82) is 0 Å². The quantitative estimate of drug-likeness (QED) is 0.484. The maximum absolute atomic E-state index is 5.38. The van der Waals surface area contributed by atoms with Crippen LogP contribution < -0.4 is 0 Å². The van der Waals surface area contributed by atoms with E-state index in [0.29, 0.717) is 0 Å². The number of rotatable bonds is 3. The van der Waals surface area contributed by atoms with Gasteiger partial charge >= 0.3 is 0 Å². The summed E-state index contributed by atoms with van der Waals surface area (Å²) in [6.07, 6.45) is 1.84. The first kappa shape index (κ1) is 13.9. The van der Waals surface area contributed by atoms with Crippen LogP contribution in [-0.4, -0.2) is 10.9 Å². The van der Waals surface area contributed by atoms with Crippen LogP contribution in [0.3, 0.4) is 0 Å². The molecule has 3 rings (SSSR count). The second-order valence-corrected chi connectivity index (χ2v) is 6.22. The monoisotopic (exact) mass is 310 g/mol. The summed E-state index contributed by atoms with van der Waals surface area (Å²) < 4.78 is 2.56. The lowest BCUT2D eigenvalue weighted by Gasteiger charge is -2.02. The fourth-order valence-corrected chi connectivity index (χ4v) is 2.97. The Kier molecular flexibility index (Phi) is 4.08. The van der Waals surface area contributed by atoms with Gasteiger partial charge in [-0.1, -0.05) is 60.2 Å². The topological polar surface area (TPSA) is 17.3 Å². The highest BCUT2D eigenvalue weighted by atomic mass is 32.1. The number of hydrogen-bond donors (Lipinski definition) is 0. The Bertz CT molecular complexity index is 812. The Labute approximate surface area is 133 Å². The molecule has 1 aromatic heterocycles. The predicted molar refractivity (Wildman–Crippen MR) is 92.8 cm³/mol. The summed E-state index contributed by atoms with van der Waals surface area (Å²) in [6.45, 7) is 2.07. The number of benzene rings is 2. The lowest BCUT2D eigenvalue weighted by Crippen LogP contribution is -1.93. The molecular weight excluding hydrogens is 296 g/mol. The molecule has 0 radical (unpaired) electrons. The van der Waals surface area contributed by atoms with Gasteiger partial charge in [0.2, 0.25) is 0 Å². The van der Waals surface area contributed by atoms with E-state index in [1.807, 2.05) is 34.5 Å². The van der Waals surface area contributed by atoms with Gasteiger partial charge in [0.1, 0.15) is 0 Å². The highest BCUT2D eigenvalue weighted by molar-refractivity contribution is 7.73. The zero-order valence-corrected chi connectivity index (χ0v) is 13.2. The molecule has 0 aliphatic heterocycles. The van der Waals surface area contributed by atoms with Crippen LogP contribution in [0.15, 0.2) is 65.1 Å². The maximum atomic E-state index is 5.38. The van der Waals surface area contributed by atoms with E-state index in [1.165, 1.54) is 16.9 Å². The third-order valence-electron chi connectivity index (χ3n) is 3.14.